The minimum atomic E-state index is -0.273. The van der Waals surface area contributed by atoms with Crippen molar-refractivity contribution in [1.82, 2.24) is 13.3 Å². The molecular formula is C90H62F2N4S. The van der Waals surface area contributed by atoms with Gasteiger partial charge in [-0.3, -0.25) is 0 Å². The topological polar surface area (TPSA) is 34.0 Å². The molecule has 0 bridgehead atoms. The minimum Gasteiger partial charge on any atom is -0.309 e. The van der Waals surface area contributed by atoms with Crippen molar-refractivity contribution >= 4 is 61.6 Å². The van der Waals surface area contributed by atoms with Crippen molar-refractivity contribution in [3.8, 4) is 106 Å². The summed E-state index contributed by atoms with van der Waals surface area (Å²) in [4.78, 5) is 2.20. The largest absolute Gasteiger partial charge is 0.309 e. The Morgan fingerprint density at radius 1 is 0.299 bits per heavy atom. The fourth-order valence-electron chi connectivity index (χ4n) is 15.5. The zero-order valence-corrected chi connectivity index (χ0v) is 54.6. The minimum absolute atomic E-state index is 0.0749. The number of rotatable bonds is 11. The molecule has 0 aliphatic heterocycles. The Balaban J connectivity index is 0.703. The van der Waals surface area contributed by atoms with Crippen molar-refractivity contribution in [2.75, 3.05) is 4.90 Å². The van der Waals surface area contributed by atoms with Crippen LogP contribution in [-0.2, 0) is 10.8 Å². The maximum absolute atomic E-state index is 14.0. The average Bonchev–Trinajstić information content (AvgIpc) is 1.62. The van der Waals surface area contributed by atoms with E-state index in [9.17, 15) is 8.78 Å². The molecule has 97 heavy (non-hydrogen) atoms. The van der Waals surface area contributed by atoms with Gasteiger partial charge in [0.1, 0.15) is 22.7 Å². The molecule has 0 N–H and O–H groups in total. The van der Waals surface area contributed by atoms with Gasteiger partial charge in [0, 0.05) is 44.2 Å². The van der Waals surface area contributed by atoms with Crippen molar-refractivity contribution in [2.45, 2.75) is 38.5 Å². The lowest BCUT2D eigenvalue weighted by Gasteiger charge is -2.26. The quantitative estimate of drug-likeness (QED) is 0.129. The molecule has 14 aromatic carbocycles. The Morgan fingerprint density at radius 3 is 1.07 bits per heavy atom. The van der Waals surface area contributed by atoms with Gasteiger partial charge >= 0.3 is 0 Å². The molecule has 18 rings (SSSR count). The van der Waals surface area contributed by atoms with Gasteiger partial charge in [-0.2, -0.15) is 8.75 Å². The highest BCUT2D eigenvalue weighted by molar-refractivity contribution is 7.00. The molecule has 4 nitrogen and oxygen atoms in total. The van der Waals surface area contributed by atoms with Crippen LogP contribution >= 0.6 is 11.7 Å². The third kappa shape index (κ3) is 9.66. The normalized spacial score (nSPS) is 13.2. The van der Waals surface area contributed by atoms with Gasteiger partial charge in [-0.15, -0.1) is 0 Å². The molecule has 2 aliphatic carbocycles. The van der Waals surface area contributed by atoms with E-state index in [1.165, 1.54) is 114 Å². The van der Waals surface area contributed by atoms with E-state index in [1.54, 1.807) is 24.3 Å². The Morgan fingerprint density at radius 2 is 0.629 bits per heavy atom. The summed E-state index contributed by atoms with van der Waals surface area (Å²) in [5.74, 6) is -0.547. The molecule has 7 heteroatoms. The summed E-state index contributed by atoms with van der Waals surface area (Å²) < 4.78 is 40.4. The second kappa shape index (κ2) is 22.5. The van der Waals surface area contributed by atoms with Gasteiger partial charge in [0.15, 0.2) is 0 Å². The highest BCUT2D eigenvalue weighted by atomic mass is 32.1. The molecule has 2 aliphatic rings. The molecule has 0 radical (unpaired) electrons. The summed E-state index contributed by atoms with van der Waals surface area (Å²) >= 11 is 1.20. The van der Waals surface area contributed by atoms with Crippen LogP contribution in [0.5, 0.6) is 0 Å². The molecule has 0 saturated carbocycles. The van der Waals surface area contributed by atoms with Crippen LogP contribution in [-0.4, -0.2) is 13.3 Å². The third-order valence-electron chi connectivity index (χ3n) is 20.7. The molecule has 0 spiro atoms. The van der Waals surface area contributed by atoms with Gasteiger partial charge in [0.25, 0.3) is 0 Å². The Kier molecular flexibility index (Phi) is 13.5. The maximum atomic E-state index is 14.0. The highest BCUT2D eigenvalue weighted by Gasteiger charge is 2.37. The van der Waals surface area contributed by atoms with Crippen molar-refractivity contribution in [3.63, 3.8) is 0 Å². The van der Waals surface area contributed by atoms with Crippen LogP contribution in [0.1, 0.15) is 49.9 Å². The third-order valence-corrected chi connectivity index (χ3v) is 21.2. The highest BCUT2D eigenvalue weighted by Crippen LogP contribution is 2.52. The second-order valence-corrected chi connectivity index (χ2v) is 27.4. The van der Waals surface area contributed by atoms with E-state index < -0.39 is 0 Å². The molecule has 0 fully saturated rings. The molecule has 0 unspecified atom stereocenters. The standard InChI is InChI=1S/C90H62F2N4S/c1-89(2)80-11-7-5-9-74(80)76-45-31-66(53-82(76)89)61-17-13-59(14-18-61)64-33-48-84-78(51-64)79-52-65(60-15-19-62(20-16-60)67-32-46-77-75-10-6-8-12-81(75)90(3,4)83(77)54-67)34-49-85(79)96(84)72-43-29-63(30-44-72)73-47-50-86(88-87(73)93-97-94-88)95(70-39-25-57(26-40-70)55-21-35-68(91)36-22-55)71-41-27-58(28-42-71)56-23-37-69(92)38-24-56/h5-54H,1-4H3. The number of aromatic nitrogens is 3. The fraction of sp³-hybridized carbons (Fsp3) is 0.0667. The SMILES string of the molecule is CC1(C)c2ccccc2-c2ccc(-c3ccc(-c4ccc5c(c4)c4cc(-c6ccc(-c7ccc8c(c7)C(C)(C)c7ccccc7-8)cc6)ccc4n5-c4ccc(-c5ccc(N(c6ccc(-c7ccc(F)cc7)cc6)c6ccc(-c7ccc(F)cc7)cc6)c6nsnc56)cc4)cc3)cc21. The van der Waals surface area contributed by atoms with E-state index in [2.05, 4.69) is 292 Å². The van der Waals surface area contributed by atoms with Crippen molar-refractivity contribution < 1.29 is 8.78 Å². The monoisotopic (exact) mass is 1270 g/mol. The molecule has 0 saturated heterocycles. The first-order valence-electron chi connectivity index (χ1n) is 33.0. The van der Waals surface area contributed by atoms with Crippen LogP contribution in [0.25, 0.3) is 139 Å². The Hall–Kier alpha value is -11.6. The lowest BCUT2D eigenvalue weighted by Crippen LogP contribution is -2.14. The summed E-state index contributed by atoms with van der Waals surface area (Å²) in [6.45, 7) is 9.37. The number of nitrogens with zero attached hydrogens (tertiary/aromatic N) is 4. The van der Waals surface area contributed by atoms with E-state index in [0.717, 1.165) is 100 Å². The lowest BCUT2D eigenvalue weighted by molar-refractivity contribution is 0.627. The lowest BCUT2D eigenvalue weighted by atomic mass is 9.81. The Bertz CT molecular complexity index is 5490. The summed E-state index contributed by atoms with van der Waals surface area (Å²) in [6, 6.07) is 107. The average molecular weight is 1270 g/mol. The Labute approximate surface area is 566 Å². The molecule has 2 heterocycles. The van der Waals surface area contributed by atoms with Gasteiger partial charge in [-0.05, 0) is 226 Å². The van der Waals surface area contributed by atoms with Crippen LogP contribution in [0, 0.1) is 11.6 Å². The van der Waals surface area contributed by atoms with Gasteiger partial charge in [0.2, 0.25) is 0 Å². The van der Waals surface area contributed by atoms with Gasteiger partial charge in [-0.25, -0.2) is 8.78 Å². The summed E-state index contributed by atoms with van der Waals surface area (Å²) in [5.41, 5.74) is 33.5. The number of hydrogen-bond acceptors (Lipinski definition) is 4. The van der Waals surface area contributed by atoms with Gasteiger partial charge < -0.3 is 9.47 Å². The molecule has 0 amide bonds. The maximum Gasteiger partial charge on any atom is 0.129 e. The van der Waals surface area contributed by atoms with Gasteiger partial charge in [-0.1, -0.05) is 222 Å². The van der Waals surface area contributed by atoms with Crippen molar-refractivity contribution in [2.24, 2.45) is 0 Å². The first kappa shape index (κ1) is 58.0. The van der Waals surface area contributed by atoms with Crippen LogP contribution in [0.4, 0.5) is 25.8 Å². The zero-order chi connectivity index (χ0) is 65.3. The van der Waals surface area contributed by atoms with Crippen LogP contribution in [0.3, 0.4) is 0 Å². The fourth-order valence-corrected chi connectivity index (χ4v) is 16.1. The van der Waals surface area contributed by atoms with Gasteiger partial charge in [0.05, 0.1) is 28.4 Å². The molecule has 16 aromatic rings. The zero-order valence-electron chi connectivity index (χ0n) is 53.8. The van der Waals surface area contributed by atoms with E-state index in [-0.39, 0.29) is 22.5 Å². The molecule has 0 atom stereocenters. The number of halogens is 2. The van der Waals surface area contributed by atoms with Crippen LogP contribution in [0.15, 0.2) is 303 Å². The van der Waals surface area contributed by atoms with E-state index in [1.807, 2.05) is 0 Å². The molecule has 462 valence electrons. The van der Waals surface area contributed by atoms with Crippen LogP contribution < -0.4 is 4.90 Å². The second-order valence-electron chi connectivity index (χ2n) is 26.9. The molecule has 2 aromatic heterocycles. The van der Waals surface area contributed by atoms with Crippen LogP contribution in [0.2, 0.25) is 0 Å². The van der Waals surface area contributed by atoms with Crippen molar-refractivity contribution in [1.29, 1.82) is 0 Å². The predicted octanol–water partition coefficient (Wildman–Crippen LogP) is 24.8. The van der Waals surface area contributed by atoms with E-state index in [0.29, 0.717) is 0 Å². The summed E-state index contributed by atoms with van der Waals surface area (Å²) in [6.07, 6.45) is 0. The summed E-state index contributed by atoms with van der Waals surface area (Å²) in [5, 5.41) is 2.35. The van der Waals surface area contributed by atoms with E-state index >= 15 is 0 Å². The predicted molar refractivity (Wildman–Crippen MR) is 400 cm³/mol. The number of benzene rings is 14. The number of anilines is 3. The first-order valence-corrected chi connectivity index (χ1v) is 33.8. The molecular weight excluding hydrogens is 1210 g/mol. The van der Waals surface area contributed by atoms with Crippen molar-refractivity contribution in [3.05, 3.63) is 337 Å². The van der Waals surface area contributed by atoms with E-state index in [4.69, 9.17) is 8.75 Å². The number of hydrogen-bond donors (Lipinski definition) is 0. The first-order chi connectivity index (χ1) is 47.4. The number of fused-ring (bicyclic) bond motifs is 10. The smallest absolute Gasteiger partial charge is 0.129 e. The summed E-state index contributed by atoms with van der Waals surface area (Å²) in [7, 11) is 0.